The number of aliphatic hydroxyl groups excluding tert-OH is 1. The molecule has 1 aliphatic carbocycles. The maximum absolute atomic E-state index is 9.32. The minimum atomic E-state index is 0.223. The predicted molar refractivity (Wildman–Crippen MR) is 91.4 cm³/mol. The Bertz CT molecular complexity index is 575. The van der Waals surface area contributed by atoms with Crippen molar-refractivity contribution >= 4 is 11.3 Å². The third-order valence-electron chi connectivity index (χ3n) is 4.40. The summed E-state index contributed by atoms with van der Waals surface area (Å²) in [6.07, 6.45) is 4.41. The van der Waals surface area contributed by atoms with Gasteiger partial charge in [0.05, 0.1) is 11.7 Å². The zero-order valence-electron chi connectivity index (χ0n) is 13.1. The van der Waals surface area contributed by atoms with E-state index >= 15 is 0 Å². The molecule has 3 rings (SSSR count). The lowest BCUT2D eigenvalue weighted by Gasteiger charge is -2.19. The van der Waals surface area contributed by atoms with Gasteiger partial charge in [-0.05, 0) is 44.1 Å². The highest BCUT2D eigenvalue weighted by Gasteiger charge is 2.20. The molecule has 4 heteroatoms. The summed E-state index contributed by atoms with van der Waals surface area (Å²) in [7, 11) is 0. The fraction of sp³-hybridized carbons (Fsp3) is 0.500. The SMILES string of the molecule is CC(NCC(CCO)c1ccccc1)c1nc2c(s1)CCC2. The van der Waals surface area contributed by atoms with Gasteiger partial charge in [-0.2, -0.15) is 0 Å². The molecule has 2 N–H and O–H groups in total. The normalized spacial score (nSPS) is 16.5. The molecule has 0 radical (unpaired) electrons. The number of aryl methyl sites for hydroxylation is 2. The van der Waals surface area contributed by atoms with Gasteiger partial charge in [0.2, 0.25) is 0 Å². The van der Waals surface area contributed by atoms with E-state index in [0.717, 1.165) is 19.4 Å². The van der Waals surface area contributed by atoms with Gasteiger partial charge in [0, 0.05) is 18.0 Å². The van der Waals surface area contributed by atoms with E-state index in [1.165, 1.54) is 34.0 Å². The molecule has 0 fully saturated rings. The monoisotopic (exact) mass is 316 g/mol. The molecule has 22 heavy (non-hydrogen) atoms. The first-order chi connectivity index (χ1) is 10.8. The number of hydrogen-bond acceptors (Lipinski definition) is 4. The minimum absolute atomic E-state index is 0.223. The Balaban J connectivity index is 1.61. The van der Waals surface area contributed by atoms with E-state index < -0.39 is 0 Å². The molecule has 3 nitrogen and oxygen atoms in total. The van der Waals surface area contributed by atoms with Gasteiger partial charge in [0.25, 0.3) is 0 Å². The molecule has 0 saturated heterocycles. The van der Waals surface area contributed by atoms with Crippen LogP contribution in [0.3, 0.4) is 0 Å². The maximum Gasteiger partial charge on any atom is 0.110 e. The summed E-state index contributed by atoms with van der Waals surface area (Å²) in [4.78, 5) is 6.28. The number of benzene rings is 1. The molecule has 0 bridgehead atoms. The van der Waals surface area contributed by atoms with Crippen LogP contribution in [0.5, 0.6) is 0 Å². The van der Waals surface area contributed by atoms with Gasteiger partial charge < -0.3 is 10.4 Å². The van der Waals surface area contributed by atoms with Crippen LogP contribution in [-0.4, -0.2) is 23.2 Å². The summed E-state index contributed by atoms with van der Waals surface area (Å²) in [5.74, 6) is 0.348. The molecule has 2 unspecified atom stereocenters. The van der Waals surface area contributed by atoms with E-state index in [-0.39, 0.29) is 12.6 Å². The quantitative estimate of drug-likeness (QED) is 0.822. The Morgan fingerprint density at radius 2 is 2.09 bits per heavy atom. The van der Waals surface area contributed by atoms with Crippen LogP contribution in [0.2, 0.25) is 0 Å². The molecule has 2 aromatic rings. The van der Waals surface area contributed by atoms with Crippen LogP contribution in [0.15, 0.2) is 30.3 Å². The Kier molecular flexibility index (Phi) is 5.24. The molecule has 1 aromatic heterocycles. The van der Waals surface area contributed by atoms with Crippen LogP contribution in [0.4, 0.5) is 0 Å². The zero-order valence-corrected chi connectivity index (χ0v) is 13.9. The van der Waals surface area contributed by atoms with E-state index in [4.69, 9.17) is 4.98 Å². The summed E-state index contributed by atoms with van der Waals surface area (Å²) in [5.41, 5.74) is 2.61. The summed E-state index contributed by atoms with van der Waals surface area (Å²) < 4.78 is 0. The van der Waals surface area contributed by atoms with Crippen molar-refractivity contribution in [3.63, 3.8) is 0 Å². The van der Waals surface area contributed by atoms with Crippen molar-refractivity contribution in [3.05, 3.63) is 51.5 Å². The van der Waals surface area contributed by atoms with Crippen LogP contribution in [0.1, 0.15) is 52.9 Å². The first kappa shape index (κ1) is 15.7. The van der Waals surface area contributed by atoms with Crippen LogP contribution in [-0.2, 0) is 12.8 Å². The van der Waals surface area contributed by atoms with Crippen LogP contribution in [0, 0.1) is 0 Å². The second-order valence-electron chi connectivity index (χ2n) is 6.03. The number of aromatic nitrogens is 1. The van der Waals surface area contributed by atoms with Gasteiger partial charge in [0.15, 0.2) is 0 Å². The molecule has 0 amide bonds. The number of fused-ring (bicyclic) bond motifs is 1. The van der Waals surface area contributed by atoms with Crippen molar-refractivity contribution in [2.75, 3.05) is 13.2 Å². The summed E-state index contributed by atoms with van der Waals surface area (Å²) in [5, 5.41) is 14.1. The maximum atomic E-state index is 9.32. The zero-order chi connectivity index (χ0) is 15.4. The third kappa shape index (κ3) is 3.57. The molecular weight excluding hydrogens is 292 g/mol. The second kappa shape index (κ2) is 7.36. The van der Waals surface area contributed by atoms with Crippen LogP contribution >= 0.6 is 11.3 Å². The van der Waals surface area contributed by atoms with Crippen molar-refractivity contribution in [1.29, 1.82) is 0 Å². The molecule has 2 atom stereocenters. The van der Waals surface area contributed by atoms with Crippen molar-refractivity contribution in [3.8, 4) is 0 Å². The highest BCUT2D eigenvalue weighted by Crippen LogP contribution is 2.30. The first-order valence-electron chi connectivity index (χ1n) is 8.15. The molecule has 1 heterocycles. The Hall–Kier alpha value is -1.23. The van der Waals surface area contributed by atoms with Gasteiger partial charge >= 0.3 is 0 Å². The summed E-state index contributed by atoms with van der Waals surface area (Å²) >= 11 is 1.87. The highest BCUT2D eigenvalue weighted by molar-refractivity contribution is 7.11. The Labute approximate surface area is 136 Å². The molecule has 1 aromatic carbocycles. The van der Waals surface area contributed by atoms with Crippen molar-refractivity contribution < 1.29 is 5.11 Å². The van der Waals surface area contributed by atoms with E-state index in [0.29, 0.717) is 5.92 Å². The van der Waals surface area contributed by atoms with Gasteiger partial charge in [-0.1, -0.05) is 30.3 Å². The molecule has 0 saturated carbocycles. The predicted octanol–water partition coefficient (Wildman–Crippen LogP) is 3.45. The van der Waals surface area contributed by atoms with E-state index in [1.54, 1.807) is 0 Å². The molecular formula is C18H24N2OS. The number of thiazole rings is 1. The lowest BCUT2D eigenvalue weighted by atomic mass is 9.96. The van der Waals surface area contributed by atoms with Gasteiger partial charge in [-0.3, -0.25) is 0 Å². The van der Waals surface area contributed by atoms with E-state index in [2.05, 4.69) is 36.5 Å². The summed E-state index contributed by atoms with van der Waals surface area (Å²) in [6, 6.07) is 10.7. The lowest BCUT2D eigenvalue weighted by Crippen LogP contribution is -2.25. The number of aliphatic hydroxyl groups is 1. The first-order valence-corrected chi connectivity index (χ1v) is 8.97. The van der Waals surface area contributed by atoms with Crippen LogP contribution < -0.4 is 5.32 Å². The van der Waals surface area contributed by atoms with Crippen molar-refractivity contribution in [2.24, 2.45) is 0 Å². The number of hydrogen-bond donors (Lipinski definition) is 2. The smallest absolute Gasteiger partial charge is 0.110 e. The van der Waals surface area contributed by atoms with Gasteiger partial charge in [-0.15, -0.1) is 11.3 Å². The fourth-order valence-corrected chi connectivity index (χ4v) is 4.25. The molecule has 0 spiro atoms. The Morgan fingerprint density at radius 1 is 1.27 bits per heavy atom. The average molecular weight is 316 g/mol. The standard InChI is InChI=1S/C18H24N2OS/c1-13(18-20-16-8-5-9-17(16)22-18)19-12-15(10-11-21)14-6-3-2-4-7-14/h2-4,6-7,13,15,19,21H,5,8-12H2,1H3. The molecule has 1 aliphatic rings. The summed E-state index contributed by atoms with van der Waals surface area (Å²) in [6.45, 7) is 3.28. The largest absolute Gasteiger partial charge is 0.396 e. The average Bonchev–Trinajstić information content (AvgIpc) is 3.13. The second-order valence-corrected chi connectivity index (χ2v) is 7.14. The van der Waals surface area contributed by atoms with Gasteiger partial charge in [-0.25, -0.2) is 4.98 Å². The fourth-order valence-electron chi connectivity index (χ4n) is 3.07. The molecule has 0 aliphatic heterocycles. The highest BCUT2D eigenvalue weighted by atomic mass is 32.1. The third-order valence-corrected chi connectivity index (χ3v) is 5.74. The van der Waals surface area contributed by atoms with E-state index in [9.17, 15) is 5.11 Å². The lowest BCUT2D eigenvalue weighted by molar-refractivity contribution is 0.272. The van der Waals surface area contributed by atoms with Crippen molar-refractivity contribution in [1.82, 2.24) is 10.3 Å². The van der Waals surface area contributed by atoms with E-state index in [1.807, 2.05) is 17.4 Å². The number of rotatable bonds is 7. The van der Waals surface area contributed by atoms with Gasteiger partial charge in [0.1, 0.15) is 5.01 Å². The van der Waals surface area contributed by atoms with Crippen molar-refractivity contribution in [2.45, 2.75) is 44.6 Å². The topological polar surface area (TPSA) is 45.1 Å². The minimum Gasteiger partial charge on any atom is -0.396 e. The molecule has 118 valence electrons. The van der Waals surface area contributed by atoms with Crippen LogP contribution in [0.25, 0.3) is 0 Å². The Morgan fingerprint density at radius 3 is 2.82 bits per heavy atom. The number of nitrogens with zero attached hydrogens (tertiary/aromatic N) is 1. The number of nitrogens with one attached hydrogen (secondary N) is 1.